The van der Waals surface area contributed by atoms with E-state index in [0.717, 1.165) is 5.56 Å². The van der Waals surface area contributed by atoms with Gasteiger partial charge < -0.3 is 20.9 Å². The van der Waals surface area contributed by atoms with E-state index in [1.54, 1.807) is 38.2 Å². The Morgan fingerprint density at radius 2 is 1.95 bits per heavy atom. The van der Waals surface area contributed by atoms with E-state index in [1.807, 2.05) is 0 Å². The quantitative estimate of drug-likeness (QED) is 0.493. The standard InChI is InChI=1S/C14H20N2O4/c1-9(8-16-2)14(19)20-11-5-3-10(4-6-11)7-12(15)13(17)18/h3-6,9,12,16H,7-8,15H2,1-2H3,(H,17,18)/t9?,12-/m1/s1. The van der Waals surface area contributed by atoms with Crippen molar-refractivity contribution in [3.05, 3.63) is 29.8 Å². The smallest absolute Gasteiger partial charge is 0.320 e. The maximum atomic E-state index is 11.7. The van der Waals surface area contributed by atoms with E-state index in [9.17, 15) is 9.59 Å². The predicted octanol–water partition coefficient (Wildman–Crippen LogP) is 0.402. The molecule has 1 aromatic carbocycles. The first-order chi connectivity index (χ1) is 9.43. The number of hydrogen-bond acceptors (Lipinski definition) is 5. The lowest BCUT2D eigenvalue weighted by molar-refractivity contribution is -0.139. The van der Waals surface area contributed by atoms with Crippen LogP contribution in [0.3, 0.4) is 0 Å². The molecule has 0 radical (unpaired) electrons. The summed E-state index contributed by atoms with van der Waals surface area (Å²) in [7, 11) is 1.77. The lowest BCUT2D eigenvalue weighted by Crippen LogP contribution is -2.32. The Balaban J connectivity index is 2.58. The molecule has 0 saturated heterocycles. The summed E-state index contributed by atoms with van der Waals surface area (Å²) in [5.41, 5.74) is 6.23. The maximum absolute atomic E-state index is 11.7. The SMILES string of the molecule is CNCC(C)C(=O)Oc1ccc(C[C@@H](N)C(=O)O)cc1. The minimum Gasteiger partial charge on any atom is -0.480 e. The Morgan fingerprint density at radius 3 is 2.45 bits per heavy atom. The third kappa shape index (κ3) is 4.99. The fourth-order valence-corrected chi connectivity index (χ4v) is 1.64. The van der Waals surface area contributed by atoms with Gasteiger partial charge in [0.25, 0.3) is 0 Å². The zero-order chi connectivity index (χ0) is 15.1. The molecule has 0 spiro atoms. The van der Waals surface area contributed by atoms with E-state index in [4.69, 9.17) is 15.6 Å². The molecule has 0 aliphatic rings. The highest BCUT2D eigenvalue weighted by molar-refractivity contribution is 5.75. The lowest BCUT2D eigenvalue weighted by Gasteiger charge is -2.11. The number of nitrogens with one attached hydrogen (secondary N) is 1. The van der Waals surface area contributed by atoms with Crippen molar-refractivity contribution in [2.75, 3.05) is 13.6 Å². The Labute approximate surface area is 117 Å². The number of ether oxygens (including phenoxy) is 1. The van der Waals surface area contributed by atoms with Crippen LogP contribution >= 0.6 is 0 Å². The summed E-state index contributed by atoms with van der Waals surface area (Å²) in [5.74, 6) is -1.15. The summed E-state index contributed by atoms with van der Waals surface area (Å²) in [6, 6.07) is 5.74. The van der Waals surface area contributed by atoms with E-state index in [2.05, 4.69) is 5.32 Å². The molecule has 1 aromatic rings. The van der Waals surface area contributed by atoms with Gasteiger partial charge in [-0.25, -0.2) is 0 Å². The van der Waals surface area contributed by atoms with Gasteiger partial charge in [0.15, 0.2) is 0 Å². The van der Waals surface area contributed by atoms with Crippen LogP contribution in [0.15, 0.2) is 24.3 Å². The largest absolute Gasteiger partial charge is 0.480 e. The lowest BCUT2D eigenvalue weighted by atomic mass is 10.1. The number of carbonyl (C=O) groups excluding carboxylic acids is 1. The van der Waals surface area contributed by atoms with Gasteiger partial charge in [0.2, 0.25) is 0 Å². The van der Waals surface area contributed by atoms with Gasteiger partial charge in [-0.15, -0.1) is 0 Å². The molecule has 0 aliphatic heterocycles. The zero-order valence-electron chi connectivity index (χ0n) is 11.6. The molecule has 0 heterocycles. The number of carbonyl (C=O) groups is 2. The van der Waals surface area contributed by atoms with E-state index >= 15 is 0 Å². The zero-order valence-corrected chi connectivity index (χ0v) is 11.6. The number of nitrogens with two attached hydrogens (primary N) is 1. The second-order valence-corrected chi connectivity index (χ2v) is 4.67. The number of carboxylic acid groups (broad SMARTS) is 1. The molecule has 0 bridgehead atoms. The van der Waals surface area contributed by atoms with Gasteiger partial charge in [-0.1, -0.05) is 19.1 Å². The second-order valence-electron chi connectivity index (χ2n) is 4.67. The molecule has 0 amide bonds. The molecule has 110 valence electrons. The number of esters is 1. The Hall–Kier alpha value is -1.92. The van der Waals surface area contributed by atoms with Gasteiger partial charge in [0.05, 0.1) is 5.92 Å². The van der Waals surface area contributed by atoms with Gasteiger partial charge in [-0.2, -0.15) is 0 Å². The summed E-state index contributed by atoms with van der Waals surface area (Å²) in [6.45, 7) is 2.32. The van der Waals surface area contributed by atoms with Crippen LogP contribution in [-0.4, -0.2) is 36.7 Å². The summed E-state index contributed by atoms with van der Waals surface area (Å²) < 4.78 is 5.21. The van der Waals surface area contributed by atoms with Crippen molar-refractivity contribution >= 4 is 11.9 Å². The molecule has 6 heteroatoms. The fourth-order valence-electron chi connectivity index (χ4n) is 1.64. The van der Waals surface area contributed by atoms with E-state index < -0.39 is 12.0 Å². The highest BCUT2D eigenvalue weighted by Gasteiger charge is 2.15. The molecule has 4 N–H and O–H groups in total. The third-order valence-corrected chi connectivity index (χ3v) is 2.83. The number of carboxylic acids is 1. The minimum absolute atomic E-state index is 0.236. The van der Waals surface area contributed by atoms with Crippen LogP contribution in [0.4, 0.5) is 0 Å². The topological polar surface area (TPSA) is 102 Å². The molecule has 1 unspecified atom stereocenters. The summed E-state index contributed by atoms with van der Waals surface area (Å²) in [6.07, 6.45) is 0.236. The highest BCUT2D eigenvalue weighted by atomic mass is 16.5. The number of hydrogen-bond donors (Lipinski definition) is 3. The first-order valence-corrected chi connectivity index (χ1v) is 6.37. The highest BCUT2D eigenvalue weighted by Crippen LogP contribution is 2.14. The van der Waals surface area contributed by atoms with Gasteiger partial charge in [-0.3, -0.25) is 9.59 Å². The van der Waals surface area contributed by atoms with Crippen molar-refractivity contribution in [2.24, 2.45) is 11.7 Å². The van der Waals surface area contributed by atoms with Crippen molar-refractivity contribution in [1.29, 1.82) is 0 Å². The monoisotopic (exact) mass is 280 g/mol. The average Bonchev–Trinajstić information content (AvgIpc) is 2.41. The molecular formula is C14H20N2O4. The van der Waals surface area contributed by atoms with Gasteiger partial charge in [0.1, 0.15) is 11.8 Å². The summed E-state index contributed by atoms with van der Waals surface area (Å²) >= 11 is 0. The first-order valence-electron chi connectivity index (χ1n) is 6.37. The van der Waals surface area contributed by atoms with Crippen molar-refractivity contribution in [2.45, 2.75) is 19.4 Å². The molecular weight excluding hydrogens is 260 g/mol. The predicted molar refractivity (Wildman–Crippen MR) is 74.5 cm³/mol. The maximum Gasteiger partial charge on any atom is 0.320 e. The van der Waals surface area contributed by atoms with E-state index in [1.165, 1.54) is 0 Å². The van der Waals surface area contributed by atoms with Crippen LogP contribution in [0.25, 0.3) is 0 Å². The summed E-state index contributed by atoms with van der Waals surface area (Å²) in [5, 5.41) is 11.6. The summed E-state index contributed by atoms with van der Waals surface area (Å²) in [4.78, 5) is 22.3. The van der Waals surface area contributed by atoms with Crippen molar-refractivity contribution < 1.29 is 19.4 Å². The molecule has 1 rings (SSSR count). The molecule has 0 aliphatic carbocycles. The van der Waals surface area contributed by atoms with Crippen LogP contribution in [0.2, 0.25) is 0 Å². The van der Waals surface area contributed by atoms with Gasteiger partial charge in [0, 0.05) is 6.54 Å². The third-order valence-electron chi connectivity index (χ3n) is 2.83. The van der Waals surface area contributed by atoms with Crippen LogP contribution in [0.1, 0.15) is 12.5 Å². The van der Waals surface area contributed by atoms with Gasteiger partial charge in [-0.05, 0) is 31.2 Å². The second kappa shape index (κ2) is 7.62. The number of benzene rings is 1. The molecule has 0 aromatic heterocycles. The van der Waals surface area contributed by atoms with Gasteiger partial charge >= 0.3 is 11.9 Å². The normalized spacial score (nSPS) is 13.6. The number of rotatable bonds is 7. The molecule has 0 fully saturated rings. The Kier molecular flexibility index (Phi) is 6.14. The van der Waals surface area contributed by atoms with Crippen LogP contribution in [-0.2, 0) is 16.0 Å². The van der Waals surface area contributed by atoms with Crippen molar-refractivity contribution in [3.63, 3.8) is 0 Å². The van der Waals surface area contributed by atoms with E-state index in [-0.39, 0.29) is 18.3 Å². The van der Waals surface area contributed by atoms with Crippen molar-refractivity contribution in [1.82, 2.24) is 5.32 Å². The number of aliphatic carboxylic acids is 1. The van der Waals surface area contributed by atoms with E-state index in [0.29, 0.717) is 12.3 Å². The van der Waals surface area contributed by atoms with Crippen molar-refractivity contribution in [3.8, 4) is 5.75 Å². The van der Waals surface area contributed by atoms with Crippen LogP contribution in [0, 0.1) is 5.92 Å². The average molecular weight is 280 g/mol. The first kappa shape index (κ1) is 16.1. The van der Waals surface area contributed by atoms with Crippen LogP contribution in [0.5, 0.6) is 5.75 Å². The fraction of sp³-hybridized carbons (Fsp3) is 0.429. The Bertz CT molecular complexity index is 459. The minimum atomic E-state index is -1.04. The molecule has 20 heavy (non-hydrogen) atoms. The molecule has 2 atom stereocenters. The van der Waals surface area contributed by atoms with Crippen LogP contribution < -0.4 is 15.8 Å². The molecule has 6 nitrogen and oxygen atoms in total. The molecule has 0 saturated carbocycles. The Morgan fingerprint density at radius 1 is 1.35 bits per heavy atom.